The van der Waals surface area contributed by atoms with Crippen LogP contribution in [-0.2, 0) is 73.4 Å². The van der Waals surface area contributed by atoms with Gasteiger partial charge in [-0.2, -0.15) is 0 Å². The molecular weight excluding hydrogens is 1260 g/mol. The predicted molar refractivity (Wildman–Crippen MR) is 368 cm³/mol. The van der Waals surface area contributed by atoms with Crippen molar-refractivity contribution >= 4 is 15.9 Å². The summed E-state index contributed by atoms with van der Waals surface area (Å²) in [5.74, 6) is 1.28. The first-order valence-corrected chi connectivity index (χ1v) is 33.5. The summed E-state index contributed by atoms with van der Waals surface area (Å²) in [4.78, 5) is 0. The van der Waals surface area contributed by atoms with E-state index in [-0.39, 0.29) is 13.2 Å². The highest BCUT2D eigenvalue weighted by atomic mass is 79.9. The molecule has 3 heterocycles. The van der Waals surface area contributed by atoms with Gasteiger partial charge in [0.1, 0.15) is 111 Å². The van der Waals surface area contributed by atoms with Crippen LogP contribution in [0.5, 0.6) is 34.5 Å². The van der Waals surface area contributed by atoms with Crippen LogP contribution in [0.3, 0.4) is 0 Å². The molecule has 0 spiro atoms. The Morgan fingerprint density at radius 2 is 0.432 bits per heavy atom. The quantitative estimate of drug-likeness (QED) is 0.0508. The standard InChI is InChI=1S/C82H79BrO12/c1-80(2)90-74(62-33-27-55(48-83)28-34-62)77(93-80)67-43-72(88-53-60-29-35-63(36-30-60)75-78(94-81(3,4)91-75)65-39-68(84-49-56-19-11-7-12-20-56)45-69(40-65)85-50-57-21-13-8-14-22-57)47-73(44-67)89-54-61-31-37-64(38-32-61)76-79(95-82(5,6)92-76)66-41-70(86-51-58-23-15-9-16-24-58)46-71(42-66)87-52-59-25-17-10-18-26-59/h7-47,74-79H,48-54H2,1-6H3/t74-,75-,76-,77-,78-,79-/m1/s1. The summed E-state index contributed by atoms with van der Waals surface area (Å²) in [6.45, 7) is 13.8. The zero-order valence-electron chi connectivity index (χ0n) is 54.4. The van der Waals surface area contributed by atoms with Gasteiger partial charge < -0.3 is 56.8 Å². The Morgan fingerprint density at radius 3 is 0.642 bits per heavy atom. The van der Waals surface area contributed by atoms with Gasteiger partial charge in [-0.1, -0.05) is 210 Å². The average Bonchev–Trinajstić information content (AvgIpc) is 1.67. The Hall–Kier alpha value is -8.76. The molecule has 95 heavy (non-hydrogen) atoms. The van der Waals surface area contributed by atoms with Crippen LogP contribution < -0.4 is 28.4 Å². The summed E-state index contributed by atoms with van der Waals surface area (Å²) in [7, 11) is 0. The summed E-state index contributed by atoms with van der Waals surface area (Å²) < 4.78 is 79.5. The molecule has 3 aliphatic rings. The lowest BCUT2D eigenvalue weighted by Gasteiger charge is -2.21. The molecule has 3 saturated heterocycles. The van der Waals surface area contributed by atoms with Gasteiger partial charge in [0.25, 0.3) is 0 Å². The van der Waals surface area contributed by atoms with E-state index < -0.39 is 54.0 Å². The maximum absolute atomic E-state index is 6.76. The van der Waals surface area contributed by atoms with E-state index in [2.05, 4.69) is 137 Å². The molecule has 0 amide bonds. The highest BCUT2D eigenvalue weighted by molar-refractivity contribution is 9.08. The highest BCUT2D eigenvalue weighted by Crippen LogP contribution is 2.52. The van der Waals surface area contributed by atoms with Crippen LogP contribution in [0, 0.1) is 0 Å². The molecule has 13 rings (SSSR count). The summed E-state index contributed by atoms with van der Waals surface area (Å²) in [6, 6.07) is 83.6. The summed E-state index contributed by atoms with van der Waals surface area (Å²) in [5.41, 5.74) is 12.9. The van der Waals surface area contributed by atoms with Gasteiger partial charge >= 0.3 is 0 Å². The van der Waals surface area contributed by atoms with Crippen molar-refractivity contribution in [3.63, 3.8) is 0 Å². The molecule has 0 N–H and O–H groups in total. The number of alkyl halides is 1. The van der Waals surface area contributed by atoms with Crippen molar-refractivity contribution in [2.75, 3.05) is 0 Å². The van der Waals surface area contributed by atoms with Crippen LogP contribution in [0.15, 0.2) is 249 Å². The molecule has 0 saturated carbocycles. The first-order chi connectivity index (χ1) is 46.1. The normalized spacial score (nSPS) is 20.0. The molecule has 0 unspecified atom stereocenters. The van der Waals surface area contributed by atoms with Crippen LogP contribution in [0.25, 0.3) is 0 Å². The van der Waals surface area contributed by atoms with Crippen LogP contribution in [-0.4, -0.2) is 17.4 Å². The van der Waals surface area contributed by atoms with Crippen molar-refractivity contribution < 1.29 is 56.8 Å². The fraction of sp³-hybridized carbons (Fsp3) is 0.268. The Labute approximate surface area is 565 Å². The maximum Gasteiger partial charge on any atom is 0.164 e. The number of halogens is 1. The van der Waals surface area contributed by atoms with Crippen molar-refractivity contribution in [3.8, 4) is 34.5 Å². The zero-order valence-corrected chi connectivity index (χ0v) is 55.9. The number of rotatable bonds is 25. The van der Waals surface area contributed by atoms with Crippen LogP contribution >= 0.6 is 15.9 Å². The molecule has 3 aliphatic heterocycles. The molecule has 6 atom stereocenters. The fourth-order valence-electron chi connectivity index (χ4n) is 12.2. The lowest BCUT2D eigenvalue weighted by Crippen LogP contribution is -2.20. The third-order valence-corrected chi connectivity index (χ3v) is 17.5. The van der Waals surface area contributed by atoms with E-state index in [1.165, 1.54) is 5.56 Å². The van der Waals surface area contributed by atoms with E-state index in [9.17, 15) is 0 Å². The topological polar surface area (TPSA) is 111 Å². The number of benzene rings is 10. The van der Waals surface area contributed by atoms with Gasteiger partial charge in [-0.15, -0.1) is 0 Å². The average molecular weight is 1340 g/mol. The minimum Gasteiger partial charge on any atom is -0.489 e. The van der Waals surface area contributed by atoms with Crippen LogP contribution in [0.1, 0.15) is 150 Å². The van der Waals surface area contributed by atoms with E-state index in [0.29, 0.717) is 60.9 Å². The summed E-state index contributed by atoms with van der Waals surface area (Å²) in [6.07, 6.45) is -2.71. The lowest BCUT2D eigenvalue weighted by molar-refractivity contribution is -0.147. The lowest BCUT2D eigenvalue weighted by atomic mass is 9.97. The van der Waals surface area contributed by atoms with E-state index in [1.807, 2.05) is 169 Å². The minimum absolute atomic E-state index is 0.271. The monoisotopic (exact) mass is 1330 g/mol. The van der Waals surface area contributed by atoms with Gasteiger partial charge in [0.05, 0.1) is 0 Å². The zero-order chi connectivity index (χ0) is 65.4. The maximum atomic E-state index is 6.76. The molecule has 0 aromatic heterocycles. The van der Waals surface area contributed by atoms with Gasteiger partial charge in [-0.05, 0) is 150 Å². The van der Waals surface area contributed by atoms with E-state index in [0.717, 1.165) is 72.1 Å². The molecule has 10 aromatic carbocycles. The fourth-order valence-corrected chi connectivity index (χ4v) is 12.6. The van der Waals surface area contributed by atoms with Crippen molar-refractivity contribution in [3.05, 3.63) is 321 Å². The van der Waals surface area contributed by atoms with E-state index >= 15 is 0 Å². The highest BCUT2D eigenvalue weighted by Gasteiger charge is 2.46. The smallest absolute Gasteiger partial charge is 0.164 e. The molecule has 0 bridgehead atoms. The third kappa shape index (κ3) is 16.8. The second-order valence-corrected chi connectivity index (χ2v) is 26.2. The molecule has 10 aromatic rings. The van der Waals surface area contributed by atoms with Crippen molar-refractivity contribution in [1.82, 2.24) is 0 Å². The van der Waals surface area contributed by atoms with Crippen LogP contribution in [0.2, 0.25) is 0 Å². The SMILES string of the molecule is CC1(C)O[C@H](c2ccc(CBr)cc2)[C@@H](c2cc(OCc3ccc([C@H]4OC(C)(C)O[C@@H]4c4cc(OCc5ccccc5)cc(OCc5ccccc5)c4)cc3)cc(OCc3ccc([C@H]4OC(C)(C)O[C@@H]4c4cc(OCc5ccccc5)cc(OCc5ccccc5)c4)cc3)c2)O1. The van der Waals surface area contributed by atoms with Gasteiger partial charge in [-0.25, -0.2) is 0 Å². The Balaban J connectivity index is 0.737. The summed E-state index contributed by atoms with van der Waals surface area (Å²) >= 11 is 3.61. The number of hydrogen-bond acceptors (Lipinski definition) is 12. The van der Waals surface area contributed by atoms with E-state index in [4.69, 9.17) is 56.8 Å². The predicted octanol–water partition coefficient (Wildman–Crippen LogP) is 19.8. The number of ether oxygens (including phenoxy) is 12. The van der Waals surface area contributed by atoms with Crippen molar-refractivity contribution in [2.45, 2.75) is 140 Å². The van der Waals surface area contributed by atoms with Crippen molar-refractivity contribution in [2.24, 2.45) is 0 Å². The van der Waals surface area contributed by atoms with Gasteiger partial charge in [-0.3, -0.25) is 0 Å². The van der Waals surface area contributed by atoms with Gasteiger partial charge in [0, 0.05) is 23.5 Å². The molecule has 486 valence electrons. The molecule has 0 aliphatic carbocycles. The second-order valence-electron chi connectivity index (χ2n) is 25.7. The Kier molecular flexibility index (Phi) is 19.9. The first kappa shape index (κ1) is 64.9. The molecule has 12 nitrogen and oxygen atoms in total. The minimum atomic E-state index is -0.879. The second kappa shape index (κ2) is 29.1. The van der Waals surface area contributed by atoms with Gasteiger partial charge in [0.15, 0.2) is 17.4 Å². The van der Waals surface area contributed by atoms with Crippen LogP contribution in [0.4, 0.5) is 0 Å². The third-order valence-electron chi connectivity index (χ3n) is 16.9. The number of hydrogen-bond donors (Lipinski definition) is 0. The molecule has 0 radical (unpaired) electrons. The van der Waals surface area contributed by atoms with Gasteiger partial charge in [0.2, 0.25) is 0 Å². The molecule has 13 heteroatoms. The van der Waals surface area contributed by atoms with Crippen molar-refractivity contribution in [1.29, 1.82) is 0 Å². The van der Waals surface area contributed by atoms with E-state index in [1.54, 1.807) is 0 Å². The summed E-state index contributed by atoms with van der Waals surface area (Å²) in [5, 5.41) is 0.748. The Morgan fingerprint density at radius 1 is 0.242 bits per heavy atom. The Bertz CT molecular complexity index is 3780. The first-order valence-electron chi connectivity index (χ1n) is 32.4. The molecule has 3 fully saturated rings. The molecular formula is C82H79BrO12. The largest absolute Gasteiger partial charge is 0.489 e.